The van der Waals surface area contributed by atoms with Gasteiger partial charge in [-0.25, -0.2) is 0 Å². The molecule has 0 aliphatic heterocycles. The van der Waals surface area contributed by atoms with Crippen molar-refractivity contribution in [3.05, 3.63) is 0 Å². The fourth-order valence-electron chi connectivity index (χ4n) is 1.04. The summed E-state index contributed by atoms with van der Waals surface area (Å²) in [6.45, 7) is 2.57. The molecule has 0 bridgehead atoms. The summed E-state index contributed by atoms with van der Waals surface area (Å²) >= 11 is 3.12. The van der Waals surface area contributed by atoms with E-state index in [9.17, 15) is 9.59 Å². The Morgan fingerprint density at radius 1 is 1.21 bits per heavy atom. The van der Waals surface area contributed by atoms with Crippen molar-refractivity contribution < 1.29 is 9.59 Å². The molecule has 0 saturated carbocycles. The minimum Gasteiger partial charge on any atom is -0.356 e. The van der Waals surface area contributed by atoms with Crippen molar-refractivity contribution in [2.45, 2.75) is 39.0 Å². The molecular weight excluding hydrogens is 246 g/mol. The Kier molecular flexibility index (Phi) is 8.94. The lowest BCUT2D eigenvalue weighted by Gasteiger charge is -2.02. The molecule has 0 aromatic carbocycles. The van der Waals surface area contributed by atoms with Crippen molar-refractivity contribution in [2.24, 2.45) is 0 Å². The first-order valence-electron chi connectivity index (χ1n) is 5.05. The number of carbonyl (C=O) groups is 2. The van der Waals surface area contributed by atoms with E-state index in [1.54, 1.807) is 0 Å². The van der Waals surface area contributed by atoms with Crippen molar-refractivity contribution in [3.63, 3.8) is 0 Å². The first kappa shape index (κ1) is 13.6. The van der Waals surface area contributed by atoms with Gasteiger partial charge in [-0.05, 0) is 12.8 Å². The number of hydrogen-bond donors (Lipinski definition) is 1. The quantitative estimate of drug-likeness (QED) is 0.538. The third kappa shape index (κ3) is 8.23. The van der Waals surface area contributed by atoms with Crippen LogP contribution in [0.1, 0.15) is 39.0 Å². The third-order valence-electron chi connectivity index (χ3n) is 1.92. The van der Waals surface area contributed by atoms with Gasteiger partial charge < -0.3 is 5.32 Å². The van der Waals surface area contributed by atoms with Crippen LogP contribution in [-0.2, 0) is 9.59 Å². The van der Waals surface area contributed by atoms with Crippen LogP contribution >= 0.6 is 15.9 Å². The predicted molar refractivity (Wildman–Crippen MR) is 60.6 cm³/mol. The van der Waals surface area contributed by atoms with Crippen molar-refractivity contribution in [2.75, 3.05) is 11.9 Å². The number of nitrogens with one attached hydrogen (secondary N) is 1. The normalized spacial score (nSPS) is 9.86. The predicted octanol–water partition coefficient (Wildman–Crippen LogP) is 2.04. The second-order valence-electron chi connectivity index (χ2n) is 3.19. The van der Waals surface area contributed by atoms with Gasteiger partial charge in [-0.15, -0.1) is 0 Å². The maximum atomic E-state index is 10.9. The first-order valence-corrected chi connectivity index (χ1v) is 6.17. The molecule has 1 amide bonds. The molecular formula is C10H18BrNO2. The number of halogens is 1. The monoisotopic (exact) mass is 263 g/mol. The fraction of sp³-hybridized carbons (Fsp3) is 0.800. The Bertz CT molecular complexity index is 163. The van der Waals surface area contributed by atoms with Gasteiger partial charge in [0.25, 0.3) is 0 Å². The lowest BCUT2D eigenvalue weighted by molar-refractivity contribution is -0.121. The van der Waals surface area contributed by atoms with Crippen molar-refractivity contribution in [3.8, 4) is 0 Å². The summed E-state index contributed by atoms with van der Waals surface area (Å²) in [7, 11) is 0. The molecule has 4 heteroatoms. The molecule has 0 aliphatic rings. The Labute approximate surface area is 93.8 Å². The van der Waals surface area contributed by atoms with E-state index in [2.05, 4.69) is 21.2 Å². The molecule has 0 aromatic rings. The van der Waals surface area contributed by atoms with Crippen LogP contribution in [0.15, 0.2) is 0 Å². The van der Waals surface area contributed by atoms with Gasteiger partial charge in [0.1, 0.15) is 5.78 Å². The lowest BCUT2D eigenvalue weighted by atomic mass is 10.1. The summed E-state index contributed by atoms with van der Waals surface area (Å²) < 4.78 is 0. The highest BCUT2D eigenvalue weighted by Gasteiger charge is 1.99. The molecule has 0 unspecified atom stereocenters. The summed E-state index contributed by atoms with van der Waals surface area (Å²) in [4.78, 5) is 21.7. The summed E-state index contributed by atoms with van der Waals surface area (Å²) in [5.41, 5.74) is 0. The summed E-state index contributed by atoms with van der Waals surface area (Å²) in [6.07, 6.45) is 4.07. The lowest BCUT2D eigenvalue weighted by Crippen LogP contribution is -2.23. The van der Waals surface area contributed by atoms with Crippen LogP contribution in [-0.4, -0.2) is 23.6 Å². The zero-order chi connectivity index (χ0) is 10.8. The highest BCUT2D eigenvalue weighted by molar-refractivity contribution is 9.09. The maximum absolute atomic E-state index is 10.9. The number of rotatable bonds is 8. The van der Waals surface area contributed by atoms with Crippen LogP contribution in [0.4, 0.5) is 0 Å². The number of alkyl halides is 1. The highest BCUT2D eigenvalue weighted by atomic mass is 79.9. The molecule has 0 spiro atoms. The Hall–Kier alpha value is -0.380. The molecule has 0 saturated heterocycles. The SMILES string of the molecule is CCC(=O)NCCCCCC(=O)CBr. The van der Waals surface area contributed by atoms with Gasteiger partial charge in [-0.1, -0.05) is 29.3 Å². The van der Waals surface area contributed by atoms with E-state index in [1.807, 2.05) is 6.92 Å². The topological polar surface area (TPSA) is 46.2 Å². The molecule has 0 fully saturated rings. The standard InChI is InChI=1S/C10H18BrNO2/c1-2-10(14)12-7-5-3-4-6-9(13)8-11/h2-8H2,1H3,(H,12,14). The average molecular weight is 264 g/mol. The molecule has 3 nitrogen and oxygen atoms in total. The number of unbranched alkanes of at least 4 members (excludes halogenated alkanes) is 2. The smallest absolute Gasteiger partial charge is 0.219 e. The number of carbonyl (C=O) groups excluding carboxylic acids is 2. The van der Waals surface area contributed by atoms with Gasteiger partial charge in [0.05, 0.1) is 5.33 Å². The minimum atomic E-state index is 0.0986. The van der Waals surface area contributed by atoms with E-state index < -0.39 is 0 Å². The van der Waals surface area contributed by atoms with Crippen LogP contribution in [0.2, 0.25) is 0 Å². The van der Waals surface area contributed by atoms with E-state index in [0.717, 1.165) is 25.8 Å². The number of ketones is 1. The van der Waals surface area contributed by atoms with Gasteiger partial charge in [0, 0.05) is 19.4 Å². The Morgan fingerprint density at radius 2 is 1.93 bits per heavy atom. The largest absolute Gasteiger partial charge is 0.356 e. The van der Waals surface area contributed by atoms with Gasteiger partial charge >= 0.3 is 0 Å². The third-order valence-corrected chi connectivity index (χ3v) is 2.55. The zero-order valence-electron chi connectivity index (χ0n) is 8.64. The average Bonchev–Trinajstić information content (AvgIpc) is 2.22. The second kappa shape index (κ2) is 9.19. The first-order chi connectivity index (χ1) is 6.70. The Balaban J connectivity index is 3.14. The Morgan fingerprint density at radius 3 is 2.50 bits per heavy atom. The number of Topliss-reactive ketones (excluding diaryl/α,β-unsaturated/α-hetero) is 1. The van der Waals surface area contributed by atoms with Crippen molar-refractivity contribution in [1.29, 1.82) is 0 Å². The summed E-state index contributed by atoms with van der Waals surface area (Å²) in [5, 5.41) is 3.26. The molecule has 0 aliphatic carbocycles. The summed E-state index contributed by atoms with van der Waals surface area (Å²) in [5.74, 6) is 0.351. The molecule has 1 N–H and O–H groups in total. The van der Waals surface area contributed by atoms with E-state index in [1.165, 1.54) is 0 Å². The molecule has 0 rings (SSSR count). The van der Waals surface area contributed by atoms with Crippen LogP contribution in [0, 0.1) is 0 Å². The molecule has 0 aromatic heterocycles. The fourth-order valence-corrected chi connectivity index (χ4v) is 1.32. The maximum Gasteiger partial charge on any atom is 0.219 e. The van der Waals surface area contributed by atoms with Gasteiger partial charge in [0.15, 0.2) is 0 Å². The summed E-state index contributed by atoms with van der Waals surface area (Å²) in [6, 6.07) is 0. The molecule has 82 valence electrons. The second-order valence-corrected chi connectivity index (χ2v) is 3.75. The van der Waals surface area contributed by atoms with E-state index in [4.69, 9.17) is 0 Å². The zero-order valence-corrected chi connectivity index (χ0v) is 10.2. The van der Waals surface area contributed by atoms with E-state index in [0.29, 0.717) is 18.2 Å². The molecule has 14 heavy (non-hydrogen) atoms. The molecule has 0 heterocycles. The molecule has 0 radical (unpaired) electrons. The van der Waals surface area contributed by atoms with Crippen LogP contribution in [0.5, 0.6) is 0 Å². The van der Waals surface area contributed by atoms with Gasteiger partial charge in [-0.3, -0.25) is 9.59 Å². The van der Waals surface area contributed by atoms with Gasteiger partial charge in [0.2, 0.25) is 5.91 Å². The van der Waals surface area contributed by atoms with Crippen molar-refractivity contribution >= 4 is 27.6 Å². The highest BCUT2D eigenvalue weighted by Crippen LogP contribution is 2.01. The number of amides is 1. The number of hydrogen-bond acceptors (Lipinski definition) is 2. The van der Waals surface area contributed by atoms with Crippen molar-refractivity contribution in [1.82, 2.24) is 5.32 Å². The van der Waals surface area contributed by atoms with E-state index in [-0.39, 0.29) is 11.7 Å². The van der Waals surface area contributed by atoms with Crippen LogP contribution in [0.25, 0.3) is 0 Å². The minimum absolute atomic E-state index is 0.0986. The van der Waals surface area contributed by atoms with Crippen LogP contribution in [0.3, 0.4) is 0 Å². The van der Waals surface area contributed by atoms with E-state index >= 15 is 0 Å². The van der Waals surface area contributed by atoms with Crippen LogP contribution < -0.4 is 5.32 Å². The molecule has 0 atom stereocenters. The van der Waals surface area contributed by atoms with Gasteiger partial charge in [-0.2, -0.15) is 0 Å².